The summed E-state index contributed by atoms with van der Waals surface area (Å²) in [6, 6.07) is 15.0. The van der Waals surface area contributed by atoms with Crippen molar-refractivity contribution in [3.63, 3.8) is 0 Å². The van der Waals surface area contributed by atoms with Crippen LogP contribution in [0.1, 0.15) is 0 Å². The Hall–Kier alpha value is -2.89. The molecule has 6 heteroatoms. The molecule has 0 atom stereocenters. The van der Waals surface area contributed by atoms with Crippen LogP contribution < -0.4 is 25.3 Å². The van der Waals surface area contributed by atoms with Gasteiger partial charge in [-0.1, -0.05) is 18.2 Å². The highest BCUT2D eigenvalue weighted by molar-refractivity contribution is 5.92. The van der Waals surface area contributed by atoms with Gasteiger partial charge in [0.15, 0.2) is 17.5 Å². The van der Waals surface area contributed by atoms with Crippen LogP contribution in [0.3, 0.4) is 0 Å². The Morgan fingerprint density at radius 2 is 1.78 bits per heavy atom. The van der Waals surface area contributed by atoms with Gasteiger partial charge in [0.05, 0.1) is 20.8 Å². The van der Waals surface area contributed by atoms with Crippen LogP contribution in [-0.4, -0.2) is 33.3 Å². The molecule has 2 aromatic rings. The normalized spacial score (nSPS) is 11.0. The first-order chi connectivity index (χ1) is 11.2. The maximum absolute atomic E-state index is 5.86. The second kappa shape index (κ2) is 8.53. The van der Waals surface area contributed by atoms with E-state index in [1.54, 1.807) is 26.4 Å². The predicted octanol–water partition coefficient (Wildman–Crippen LogP) is 2.51. The maximum atomic E-state index is 5.86. The molecule has 3 N–H and O–H groups in total. The smallest absolute Gasteiger partial charge is 0.193 e. The molecule has 2 rings (SSSR count). The summed E-state index contributed by atoms with van der Waals surface area (Å²) >= 11 is 0. The van der Waals surface area contributed by atoms with Crippen molar-refractivity contribution in [2.75, 3.05) is 32.7 Å². The number of nitrogens with one attached hydrogen (secondary N) is 1. The van der Waals surface area contributed by atoms with Gasteiger partial charge in [-0.25, -0.2) is 4.99 Å². The number of hydrogen-bond donors (Lipinski definition) is 2. The number of nitrogens with zero attached hydrogens (tertiary/aromatic N) is 1. The van der Waals surface area contributed by atoms with Gasteiger partial charge in [-0.05, 0) is 24.3 Å². The van der Waals surface area contributed by atoms with E-state index >= 15 is 0 Å². The lowest BCUT2D eigenvalue weighted by Crippen LogP contribution is -2.23. The second-order valence-electron chi connectivity index (χ2n) is 4.62. The Morgan fingerprint density at radius 1 is 1.04 bits per heavy atom. The lowest BCUT2D eigenvalue weighted by molar-refractivity contribution is 0.329. The molecule has 0 aliphatic heterocycles. The largest absolute Gasteiger partial charge is 0.493 e. The molecule has 0 unspecified atom stereocenters. The molecule has 0 aliphatic carbocycles. The highest BCUT2D eigenvalue weighted by Crippen LogP contribution is 2.29. The van der Waals surface area contributed by atoms with E-state index < -0.39 is 0 Å². The van der Waals surface area contributed by atoms with E-state index in [0.717, 1.165) is 11.4 Å². The molecule has 0 bridgehead atoms. The van der Waals surface area contributed by atoms with Gasteiger partial charge < -0.3 is 25.3 Å². The van der Waals surface area contributed by atoms with E-state index in [1.165, 1.54) is 0 Å². The van der Waals surface area contributed by atoms with Crippen LogP contribution in [0.2, 0.25) is 0 Å². The molecular formula is C17H21N3O3. The minimum absolute atomic E-state index is 0.314. The number of benzene rings is 2. The van der Waals surface area contributed by atoms with Crippen LogP contribution in [0.25, 0.3) is 0 Å². The van der Waals surface area contributed by atoms with Gasteiger partial charge in [-0.15, -0.1) is 0 Å². The third-order valence-corrected chi connectivity index (χ3v) is 3.04. The minimum Gasteiger partial charge on any atom is -0.493 e. The van der Waals surface area contributed by atoms with Crippen molar-refractivity contribution in [2.45, 2.75) is 0 Å². The van der Waals surface area contributed by atoms with Crippen molar-refractivity contribution in [1.29, 1.82) is 0 Å². The van der Waals surface area contributed by atoms with Crippen LogP contribution in [0.4, 0.5) is 5.69 Å². The topological polar surface area (TPSA) is 78.1 Å². The Bertz CT molecular complexity index is 645. The van der Waals surface area contributed by atoms with Crippen LogP contribution in [-0.2, 0) is 0 Å². The van der Waals surface area contributed by atoms with E-state index in [-0.39, 0.29) is 0 Å². The molecule has 0 radical (unpaired) electrons. The molecule has 0 saturated heterocycles. The molecule has 122 valence electrons. The summed E-state index contributed by atoms with van der Waals surface area (Å²) in [6.07, 6.45) is 0. The summed E-state index contributed by atoms with van der Waals surface area (Å²) in [7, 11) is 3.17. The molecule has 0 heterocycles. The number of aliphatic imine (C=N–C) groups is 1. The summed E-state index contributed by atoms with van der Waals surface area (Å²) in [4.78, 5) is 4.22. The molecular weight excluding hydrogens is 294 g/mol. The van der Waals surface area contributed by atoms with E-state index in [9.17, 15) is 0 Å². The molecule has 23 heavy (non-hydrogen) atoms. The minimum atomic E-state index is 0.314. The standard InChI is InChI=1S/C17H21N3O3/c1-21-15-9-8-13(12-16(15)22-2)20-17(18)19-10-11-23-14-6-4-3-5-7-14/h3-9,12H,10-11H2,1-2H3,(H3,18,19,20). The highest BCUT2D eigenvalue weighted by atomic mass is 16.5. The molecule has 0 fully saturated rings. The van der Waals surface area contributed by atoms with Gasteiger partial charge >= 0.3 is 0 Å². The zero-order valence-corrected chi connectivity index (χ0v) is 13.3. The van der Waals surface area contributed by atoms with E-state index in [2.05, 4.69) is 10.3 Å². The maximum Gasteiger partial charge on any atom is 0.193 e. The van der Waals surface area contributed by atoms with E-state index in [0.29, 0.717) is 30.6 Å². The van der Waals surface area contributed by atoms with Crippen molar-refractivity contribution >= 4 is 11.6 Å². The SMILES string of the molecule is COc1ccc(NC(N)=NCCOc2ccccc2)cc1OC. The summed E-state index contributed by atoms with van der Waals surface area (Å²) in [5, 5.41) is 3.00. The summed E-state index contributed by atoms with van der Waals surface area (Å²) < 4.78 is 16.0. The monoisotopic (exact) mass is 315 g/mol. The molecule has 0 aliphatic rings. The number of nitrogens with two attached hydrogens (primary N) is 1. The number of anilines is 1. The van der Waals surface area contributed by atoms with Gasteiger partial charge in [0.1, 0.15) is 12.4 Å². The summed E-state index contributed by atoms with van der Waals surface area (Å²) in [5.41, 5.74) is 6.63. The molecule has 6 nitrogen and oxygen atoms in total. The Balaban J connectivity index is 1.84. The lowest BCUT2D eigenvalue weighted by Gasteiger charge is -2.11. The zero-order chi connectivity index (χ0) is 16.5. The summed E-state index contributed by atoms with van der Waals surface area (Å²) in [5.74, 6) is 2.41. The summed E-state index contributed by atoms with van der Waals surface area (Å²) in [6.45, 7) is 0.916. The van der Waals surface area contributed by atoms with Crippen LogP contribution in [0, 0.1) is 0 Å². The highest BCUT2D eigenvalue weighted by Gasteiger charge is 2.04. The van der Waals surface area contributed by atoms with Gasteiger partial charge in [0.2, 0.25) is 0 Å². The number of guanidine groups is 1. The molecule has 0 spiro atoms. The number of ether oxygens (including phenoxy) is 3. The van der Waals surface area contributed by atoms with Gasteiger partial charge in [-0.3, -0.25) is 0 Å². The average Bonchev–Trinajstić information content (AvgIpc) is 2.59. The fourth-order valence-electron chi connectivity index (χ4n) is 1.95. The third-order valence-electron chi connectivity index (χ3n) is 3.04. The quantitative estimate of drug-likeness (QED) is 0.466. The van der Waals surface area contributed by atoms with Gasteiger partial charge in [0.25, 0.3) is 0 Å². The number of hydrogen-bond acceptors (Lipinski definition) is 4. The van der Waals surface area contributed by atoms with Crippen molar-refractivity contribution in [3.05, 3.63) is 48.5 Å². The number of rotatable bonds is 7. The van der Waals surface area contributed by atoms with Crippen molar-refractivity contribution in [2.24, 2.45) is 10.7 Å². The van der Waals surface area contributed by atoms with Crippen molar-refractivity contribution < 1.29 is 14.2 Å². The predicted molar refractivity (Wildman–Crippen MR) is 91.6 cm³/mol. The van der Waals surface area contributed by atoms with Crippen molar-refractivity contribution in [1.82, 2.24) is 0 Å². The Labute approximate surface area is 135 Å². The van der Waals surface area contributed by atoms with Crippen molar-refractivity contribution in [3.8, 4) is 17.2 Å². The van der Waals surface area contributed by atoms with Gasteiger partial charge in [0, 0.05) is 11.8 Å². The fraction of sp³-hybridized carbons (Fsp3) is 0.235. The molecule has 2 aromatic carbocycles. The first-order valence-electron chi connectivity index (χ1n) is 7.19. The zero-order valence-electron chi connectivity index (χ0n) is 13.3. The molecule has 0 aromatic heterocycles. The molecule has 0 saturated carbocycles. The number of para-hydroxylation sites is 1. The van der Waals surface area contributed by atoms with Crippen LogP contribution >= 0.6 is 0 Å². The average molecular weight is 315 g/mol. The Morgan fingerprint density at radius 3 is 2.48 bits per heavy atom. The van der Waals surface area contributed by atoms with Crippen LogP contribution in [0.5, 0.6) is 17.2 Å². The Kier molecular flexibility index (Phi) is 6.11. The molecule has 0 amide bonds. The van der Waals surface area contributed by atoms with E-state index in [1.807, 2.05) is 36.4 Å². The first-order valence-corrected chi connectivity index (χ1v) is 7.19. The lowest BCUT2D eigenvalue weighted by atomic mass is 10.3. The fourth-order valence-corrected chi connectivity index (χ4v) is 1.95. The number of methoxy groups -OCH3 is 2. The third kappa shape index (κ3) is 5.10. The first kappa shape index (κ1) is 16.5. The van der Waals surface area contributed by atoms with Crippen LogP contribution in [0.15, 0.2) is 53.5 Å². The second-order valence-corrected chi connectivity index (χ2v) is 4.62. The van der Waals surface area contributed by atoms with Gasteiger partial charge in [-0.2, -0.15) is 0 Å². The van der Waals surface area contributed by atoms with E-state index in [4.69, 9.17) is 19.9 Å².